The number of amides is 1. The van der Waals surface area contributed by atoms with Crippen LogP contribution in [0.4, 0.5) is 5.69 Å². The van der Waals surface area contributed by atoms with Gasteiger partial charge in [-0.15, -0.1) is 0 Å². The first-order valence-electron chi connectivity index (χ1n) is 8.76. The summed E-state index contributed by atoms with van der Waals surface area (Å²) >= 11 is 6.62. The molecule has 0 aliphatic carbocycles. The van der Waals surface area contributed by atoms with Crippen LogP contribution >= 0.6 is 31.9 Å². The third-order valence-electron chi connectivity index (χ3n) is 3.97. The summed E-state index contributed by atoms with van der Waals surface area (Å²) in [7, 11) is -4.10. The van der Waals surface area contributed by atoms with Crippen LogP contribution in [0.25, 0.3) is 6.08 Å². The molecule has 0 spiro atoms. The standard InChI is InChI=1S/C22H14Br2N2O4S/c23-17-6-9-19(10-7-17)26-22(27)16(14-25)12-15-13-18(24)8-11-21(15)30-31(28,29)20-4-2-1-3-5-20/h1-13H,(H,26,27)/b16-12+. The number of nitrogens with one attached hydrogen (secondary N) is 1. The highest BCUT2D eigenvalue weighted by Crippen LogP contribution is 2.28. The van der Waals surface area contributed by atoms with Gasteiger partial charge in [0.15, 0.2) is 0 Å². The van der Waals surface area contributed by atoms with E-state index < -0.39 is 16.0 Å². The van der Waals surface area contributed by atoms with Crippen molar-refractivity contribution in [3.8, 4) is 11.8 Å². The molecule has 6 nitrogen and oxygen atoms in total. The zero-order valence-corrected chi connectivity index (χ0v) is 19.7. The Hall–Kier alpha value is -2.93. The number of benzene rings is 3. The Labute approximate surface area is 196 Å². The second-order valence-electron chi connectivity index (χ2n) is 6.16. The third kappa shape index (κ3) is 6.04. The van der Waals surface area contributed by atoms with E-state index in [1.54, 1.807) is 54.6 Å². The zero-order chi connectivity index (χ0) is 22.4. The van der Waals surface area contributed by atoms with E-state index in [1.807, 2.05) is 6.07 Å². The lowest BCUT2D eigenvalue weighted by atomic mass is 10.1. The summed E-state index contributed by atoms with van der Waals surface area (Å²) in [5, 5.41) is 12.1. The quantitative estimate of drug-likeness (QED) is 0.243. The Morgan fingerprint density at radius 1 is 0.968 bits per heavy atom. The molecule has 0 radical (unpaired) electrons. The van der Waals surface area contributed by atoms with Gasteiger partial charge < -0.3 is 9.50 Å². The van der Waals surface area contributed by atoms with Crippen LogP contribution in [0, 0.1) is 11.3 Å². The lowest BCUT2D eigenvalue weighted by Crippen LogP contribution is -2.14. The van der Waals surface area contributed by atoms with Crippen molar-refractivity contribution in [3.63, 3.8) is 0 Å². The van der Waals surface area contributed by atoms with E-state index in [4.69, 9.17) is 4.18 Å². The average Bonchev–Trinajstić information content (AvgIpc) is 2.75. The summed E-state index contributed by atoms with van der Waals surface area (Å²) in [5.41, 5.74) is 0.533. The Balaban J connectivity index is 1.93. The smallest absolute Gasteiger partial charge is 0.339 e. The molecule has 0 aromatic heterocycles. The highest BCUT2D eigenvalue weighted by molar-refractivity contribution is 9.10. The summed E-state index contributed by atoms with van der Waals surface area (Å²) in [6.45, 7) is 0. The molecule has 31 heavy (non-hydrogen) atoms. The summed E-state index contributed by atoms with van der Waals surface area (Å²) < 4.78 is 31.9. The van der Waals surface area contributed by atoms with Crippen molar-refractivity contribution < 1.29 is 17.4 Å². The molecule has 0 saturated heterocycles. The van der Waals surface area contributed by atoms with Crippen molar-refractivity contribution in [1.82, 2.24) is 0 Å². The molecule has 9 heteroatoms. The van der Waals surface area contributed by atoms with Crippen molar-refractivity contribution in [2.24, 2.45) is 0 Å². The Kier molecular flexibility index (Phi) is 7.28. The number of nitriles is 1. The zero-order valence-electron chi connectivity index (χ0n) is 15.7. The normalized spacial score (nSPS) is 11.5. The Bertz CT molecular complexity index is 1280. The van der Waals surface area contributed by atoms with Crippen LogP contribution < -0.4 is 9.50 Å². The summed E-state index contributed by atoms with van der Waals surface area (Å²) in [6.07, 6.45) is 1.27. The molecule has 3 aromatic rings. The summed E-state index contributed by atoms with van der Waals surface area (Å²) in [5.74, 6) is -0.655. The topological polar surface area (TPSA) is 96.3 Å². The molecule has 0 unspecified atom stereocenters. The van der Waals surface area contributed by atoms with Gasteiger partial charge in [-0.05, 0) is 60.7 Å². The van der Waals surface area contributed by atoms with E-state index in [1.165, 1.54) is 24.3 Å². The number of nitrogens with zero attached hydrogens (tertiary/aromatic N) is 1. The van der Waals surface area contributed by atoms with Gasteiger partial charge in [0, 0.05) is 20.2 Å². The fourth-order valence-electron chi connectivity index (χ4n) is 2.50. The molecule has 0 atom stereocenters. The van der Waals surface area contributed by atoms with Crippen LogP contribution in [0.15, 0.2) is 92.2 Å². The maximum absolute atomic E-state index is 12.6. The predicted molar refractivity (Wildman–Crippen MR) is 125 cm³/mol. The van der Waals surface area contributed by atoms with E-state index in [2.05, 4.69) is 37.2 Å². The van der Waals surface area contributed by atoms with Gasteiger partial charge in [-0.3, -0.25) is 4.79 Å². The van der Waals surface area contributed by atoms with Crippen molar-refractivity contribution in [3.05, 3.63) is 92.9 Å². The Morgan fingerprint density at radius 2 is 1.61 bits per heavy atom. The molecule has 0 fully saturated rings. The summed E-state index contributed by atoms with van der Waals surface area (Å²) in [6, 6.07) is 21.0. The molecule has 0 aliphatic rings. The van der Waals surface area contributed by atoms with Crippen LogP contribution in [-0.2, 0) is 14.9 Å². The Morgan fingerprint density at radius 3 is 2.26 bits per heavy atom. The number of halogens is 2. The molecule has 1 amide bonds. The monoisotopic (exact) mass is 560 g/mol. The van der Waals surface area contributed by atoms with E-state index in [9.17, 15) is 18.5 Å². The van der Waals surface area contributed by atoms with Gasteiger partial charge >= 0.3 is 10.1 Å². The maximum atomic E-state index is 12.6. The SMILES string of the molecule is N#C/C(=C\c1cc(Br)ccc1OS(=O)(=O)c1ccccc1)C(=O)Nc1ccc(Br)cc1. The first-order valence-corrected chi connectivity index (χ1v) is 11.8. The van der Waals surface area contributed by atoms with E-state index >= 15 is 0 Å². The van der Waals surface area contributed by atoms with Gasteiger partial charge in [-0.1, -0.05) is 50.1 Å². The van der Waals surface area contributed by atoms with Crippen LogP contribution in [0.2, 0.25) is 0 Å². The molecule has 3 aromatic carbocycles. The van der Waals surface area contributed by atoms with Crippen molar-refractivity contribution in [2.75, 3.05) is 5.32 Å². The van der Waals surface area contributed by atoms with Gasteiger partial charge in [-0.2, -0.15) is 13.7 Å². The fraction of sp³-hybridized carbons (Fsp3) is 0. The van der Waals surface area contributed by atoms with Crippen molar-refractivity contribution in [1.29, 1.82) is 5.26 Å². The van der Waals surface area contributed by atoms with Crippen molar-refractivity contribution in [2.45, 2.75) is 4.90 Å². The molecule has 0 bridgehead atoms. The molecule has 1 N–H and O–H groups in total. The lowest BCUT2D eigenvalue weighted by molar-refractivity contribution is -0.112. The minimum atomic E-state index is -4.10. The molecule has 0 aliphatic heterocycles. The van der Waals surface area contributed by atoms with Gasteiger partial charge in [0.25, 0.3) is 5.91 Å². The fourth-order valence-corrected chi connectivity index (χ4v) is 4.12. The molecular weight excluding hydrogens is 548 g/mol. The van der Waals surface area contributed by atoms with Gasteiger partial charge in [0.2, 0.25) is 0 Å². The van der Waals surface area contributed by atoms with E-state index in [0.717, 1.165) is 4.47 Å². The minimum absolute atomic E-state index is 0.0127. The summed E-state index contributed by atoms with van der Waals surface area (Å²) in [4.78, 5) is 12.5. The van der Waals surface area contributed by atoms with Crippen LogP contribution in [0.3, 0.4) is 0 Å². The largest absolute Gasteiger partial charge is 0.378 e. The lowest BCUT2D eigenvalue weighted by Gasteiger charge is -2.11. The molecule has 0 heterocycles. The molecule has 156 valence electrons. The molecular formula is C22H14Br2N2O4S. The van der Waals surface area contributed by atoms with Crippen LogP contribution in [0.1, 0.15) is 5.56 Å². The highest BCUT2D eigenvalue weighted by Gasteiger charge is 2.19. The number of carbonyl (C=O) groups is 1. The van der Waals surface area contributed by atoms with Crippen LogP contribution in [0.5, 0.6) is 5.75 Å². The second kappa shape index (κ2) is 9.92. The number of anilines is 1. The van der Waals surface area contributed by atoms with Crippen LogP contribution in [-0.4, -0.2) is 14.3 Å². The number of hydrogen-bond donors (Lipinski definition) is 1. The van der Waals surface area contributed by atoms with E-state index in [0.29, 0.717) is 10.2 Å². The number of carbonyl (C=O) groups excluding carboxylic acids is 1. The van der Waals surface area contributed by atoms with Gasteiger partial charge in [-0.25, -0.2) is 0 Å². The second-order valence-corrected chi connectivity index (χ2v) is 9.54. The first-order chi connectivity index (χ1) is 14.8. The maximum Gasteiger partial charge on any atom is 0.339 e. The number of rotatable bonds is 6. The molecule has 0 saturated carbocycles. The third-order valence-corrected chi connectivity index (χ3v) is 6.24. The number of hydrogen-bond acceptors (Lipinski definition) is 5. The van der Waals surface area contributed by atoms with Crippen molar-refractivity contribution >= 4 is 59.6 Å². The van der Waals surface area contributed by atoms with E-state index in [-0.39, 0.29) is 21.8 Å². The predicted octanol–water partition coefficient (Wildman–Crippen LogP) is 5.52. The van der Waals surface area contributed by atoms with Gasteiger partial charge in [0.1, 0.15) is 22.3 Å². The average molecular weight is 562 g/mol. The highest BCUT2D eigenvalue weighted by atomic mass is 79.9. The minimum Gasteiger partial charge on any atom is -0.378 e. The van der Waals surface area contributed by atoms with Gasteiger partial charge in [0.05, 0.1) is 0 Å². The molecule has 3 rings (SSSR count). The first kappa shape index (κ1) is 22.7.